The van der Waals surface area contributed by atoms with E-state index in [1.165, 1.54) is 18.6 Å². The Morgan fingerprint density at radius 3 is 1.38 bits per heavy atom. The highest BCUT2D eigenvalue weighted by Gasteiger charge is 2.81. The SMILES string of the molecule is C.C.C.C.C.C.C.C.C.C.C.C.C.C.C.C.C.C.C.C.C.C.C.C.C.C.C.C.C.C.C.C.C.CC(C)=CCC[C@]1(C)C=Cc2c(O)c3c(c(CC=C(C)C)c2O1)O[C@]12C(=C[C@@H]4CC1C(C)(C)O[C@@]2(C/C=C(/C)C(=O)O)C4=O)C3=O. The summed E-state index contributed by atoms with van der Waals surface area (Å²) in [6, 6.07) is 0. The molecule has 1 unspecified atom stereocenters. The first-order chi connectivity index (χ1) is 21.5. The van der Waals surface area contributed by atoms with Gasteiger partial charge in [0.25, 0.3) is 0 Å². The minimum absolute atomic E-state index is 0. The third-order valence-electron chi connectivity index (χ3n) is 10.5. The van der Waals surface area contributed by atoms with Crippen LogP contribution in [0.3, 0.4) is 0 Å². The van der Waals surface area contributed by atoms with Gasteiger partial charge in [-0.1, -0.05) is 281 Å². The number of carbonyl (C=O) groups excluding carboxylic acids is 2. The second kappa shape index (κ2) is 63.3. The average molecular weight is 1160 g/mol. The van der Waals surface area contributed by atoms with Crippen molar-refractivity contribution in [2.45, 2.75) is 355 Å². The van der Waals surface area contributed by atoms with Crippen molar-refractivity contribution in [1.29, 1.82) is 0 Å². The van der Waals surface area contributed by atoms with Crippen molar-refractivity contribution < 1.29 is 38.8 Å². The van der Waals surface area contributed by atoms with Crippen molar-refractivity contribution in [2.24, 2.45) is 11.8 Å². The molecule has 6 aliphatic rings. The molecule has 3 aliphatic carbocycles. The normalized spacial score (nSPS) is 18.2. The number of rotatable bonds is 8. The van der Waals surface area contributed by atoms with Gasteiger partial charge in [0.1, 0.15) is 28.4 Å². The number of carboxylic acids is 1. The molecule has 2 N–H and O–H groups in total. The maximum atomic E-state index is 14.7. The molecule has 8 heteroatoms. The van der Waals surface area contributed by atoms with Gasteiger partial charge in [-0.2, -0.15) is 0 Å². The van der Waals surface area contributed by atoms with Gasteiger partial charge in [0.15, 0.2) is 22.8 Å². The number of ketones is 2. The summed E-state index contributed by atoms with van der Waals surface area (Å²) in [6.45, 7) is 15.4. The van der Waals surface area contributed by atoms with Crippen molar-refractivity contribution in [2.75, 3.05) is 0 Å². The molecule has 1 saturated carbocycles. The second-order valence-corrected chi connectivity index (χ2v) is 14.8. The highest BCUT2D eigenvalue weighted by molar-refractivity contribution is 6.19. The lowest BCUT2D eigenvalue weighted by Crippen LogP contribution is -2.72. The molecule has 79 heavy (non-hydrogen) atoms. The van der Waals surface area contributed by atoms with Crippen LogP contribution < -0.4 is 9.47 Å². The molecule has 1 saturated heterocycles. The Balaban J connectivity index is -0.0000000303. The van der Waals surface area contributed by atoms with E-state index in [0.29, 0.717) is 41.7 Å². The van der Waals surface area contributed by atoms with E-state index in [9.17, 15) is 24.6 Å². The number of hydrogen-bond donors (Lipinski definition) is 2. The van der Waals surface area contributed by atoms with Gasteiger partial charge in [0.05, 0.1) is 11.2 Å². The monoisotopic (exact) mass is 1160 g/mol. The number of allylic oxidation sites excluding steroid dienone is 5. The molecule has 0 aromatic heterocycles. The fourth-order valence-electron chi connectivity index (χ4n) is 8.17. The van der Waals surface area contributed by atoms with Crippen LogP contribution in [0.1, 0.15) is 348 Å². The summed E-state index contributed by atoms with van der Waals surface area (Å²) in [5, 5.41) is 21.4. The first-order valence-corrected chi connectivity index (χ1v) is 16.2. The van der Waals surface area contributed by atoms with Crippen LogP contribution >= 0.6 is 0 Å². The number of phenolic OH excluding ortho intramolecular Hbond substituents is 1. The van der Waals surface area contributed by atoms with E-state index in [1.54, 1.807) is 6.08 Å². The number of Topliss-reactive ketones (excluding diaryl/α,β-unsaturated/α-hetero) is 2. The van der Waals surface area contributed by atoms with E-state index in [1.807, 2.05) is 52.8 Å². The number of carbonyl (C=O) groups is 3. The molecule has 0 amide bonds. The summed E-state index contributed by atoms with van der Waals surface area (Å²) in [6.07, 6.45) is 13.4. The molecular formula is C71H176O8. The van der Waals surface area contributed by atoms with Crippen LogP contribution in [0.15, 0.2) is 52.7 Å². The van der Waals surface area contributed by atoms with Crippen LogP contribution in [0.2, 0.25) is 0 Å². The number of hydrogen-bond acceptors (Lipinski definition) is 7. The van der Waals surface area contributed by atoms with Crippen LogP contribution in [-0.2, 0) is 20.7 Å². The van der Waals surface area contributed by atoms with E-state index in [-0.39, 0.29) is 286 Å². The molecule has 1 aromatic carbocycles. The van der Waals surface area contributed by atoms with Crippen LogP contribution in [0.4, 0.5) is 0 Å². The third-order valence-corrected chi connectivity index (χ3v) is 10.5. The predicted molar refractivity (Wildman–Crippen MR) is 396 cm³/mol. The Bertz CT molecular complexity index is 1730. The zero-order valence-corrected chi connectivity index (χ0v) is 28.0. The first-order valence-electron chi connectivity index (χ1n) is 16.2. The number of fused-ring (bicyclic) bond motifs is 2. The zero-order chi connectivity index (χ0) is 33.6. The van der Waals surface area contributed by atoms with Crippen molar-refractivity contribution >= 4 is 23.6 Å². The number of ether oxygens (including phenoxy) is 3. The van der Waals surface area contributed by atoms with Gasteiger partial charge in [-0.15, -0.1) is 0 Å². The lowest BCUT2D eigenvalue weighted by molar-refractivity contribution is -0.171. The fourth-order valence-corrected chi connectivity index (χ4v) is 8.17. The van der Waals surface area contributed by atoms with Gasteiger partial charge >= 0.3 is 5.97 Å². The lowest BCUT2D eigenvalue weighted by atomic mass is 9.51. The Kier molecular flexibility index (Phi) is 149. The number of aliphatic carboxylic acids is 1. The summed E-state index contributed by atoms with van der Waals surface area (Å²) >= 11 is 0. The maximum absolute atomic E-state index is 14.7. The van der Waals surface area contributed by atoms with Gasteiger partial charge in [0.2, 0.25) is 0 Å². The van der Waals surface area contributed by atoms with Crippen molar-refractivity contribution in [1.82, 2.24) is 0 Å². The van der Waals surface area contributed by atoms with Gasteiger partial charge in [-0.25, -0.2) is 4.79 Å². The van der Waals surface area contributed by atoms with E-state index in [0.717, 1.165) is 12.0 Å². The van der Waals surface area contributed by atoms with Crippen LogP contribution in [0.5, 0.6) is 17.2 Å². The topological polar surface area (TPSA) is 119 Å². The van der Waals surface area contributed by atoms with Crippen LogP contribution in [0, 0.1) is 11.8 Å². The minimum atomic E-state index is -1.63. The standard InChI is InChI=1S/C38H44O8.33CH4/c1-20(2)10-9-15-36(8)16-14-24-29(39)28-30(40)26-18-23-19-27-35(6,7)46-37(33(23)41,17-13-22(5)34(42)43)38(26,27)45-32(28)25(31(24)44-36)12-11-21(3)4;;;;;;;;;;;;;;;;;;;;;;;;;;;;;;;;;/h10-11,13-14,16,18,23,27,39H,9,12,15,17,19H2,1-8H3,(H,42,43);33*1H4/b22-13-;;;;;;;;;;;;;;;;;;;;;;;;;;;;;;;;;/t23-,27?,36-,37+,38-;;;;;;;;;;;;;;;;;;;;;;;;;;;;;;;;;/m1................................./s1. The van der Waals surface area contributed by atoms with E-state index >= 15 is 0 Å². The summed E-state index contributed by atoms with van der Waals surface area (Å²) < 4.78 is 20.6. The molecule has 8 nitrogen and oxygen atoms in total. The highest BCUT2D eigenvalue weighted by atomic mass is 16.6. The Hall–Kier alpha value is -3.91. The van der Waals surface area contributed by atoms with Gasteiger partial charge in [-0.3, -0.25) is 9.59 Å². The summed E-state index contributed by atoms with van der Waals surface area (Å²) in [4.78, 5) is 40.8. The third kappa shape index (κ3) is 28.1. The molecule has 5 atom stereocenters. The van der Waals surface area contributed by atoms with Gasteiger partial charge in [0, 0.05) is 35.0 Å². The van der Waals surface area contributed by atoms with Crippen molar-refractivity contribution in [3.63, 3.8) is 0 Å². The lowest BCUT2D eigenvalue weighted by Gasteiger charge is -2.56. The predicted octanol–water partition coefficient (Wildman–Crippen LogP) is 28.2. The molecule has 0 radical (unpaired) electrons. The fraction of sp³-hybridized carbons (Fsp3) is 0.732. The molecule has 3 heterocycles. The zero-order valence-electron chi connectivity index (χ0n) is 28.0. The van der Waals surface area contributed by atoms with Gasteiger partial charge < -0.3 is 24.4 Å². The summed E-state index contributed by atoms with van der Waals surface area (Å²) in [5.41, 5.74) is -0.952. The highest BCUT2D eigenvalue weighted by Crippen LogP contribution is 2.68. The Morgan fingerprint density at radius 2 is 1.00 bits per heavy atom. The summed E-state index contributed by atoms with van der Waals surface area (Å²) in [5.74, 6) is -2.28. The van der Waals surface area contributed by atoms with Crippen molar-refractivity contribution in [3.05, 3.63) is 69.4 Å². The maximum Gasteiger partial charge on any atom is 0.330 e. The largest absolute Gasteiger partial charge is 0.506 e. The molecule has 4 bridgehead atoms. The minimum Gasteiger partial charge on any atom is -0.506 e. The smallest absolute Gasteiger partial charge is 0.330 e. The molecule has 2 fully saturated rings. The average Bonchev–Trinajstić information content (AvgIpc) is 3.12. The molecule has 1 spiro atoms. The Labute approximate surface area is 513 Å². The molecule has 3 aliphatic heterocycles. The molecular weight excluding hydrogens is 981 g/mol. The molecule has 7 rings (SSSR count). The van der Waals surface area contributed by atoms with Crippen molar-refractivity contribution in [3.8, 4) is 17.2 Å². The molecule has 508 valence electrons. The number of benzene rings is 1. The van der Waals surface area contributed by atoms with E-state index in [4.69, 9.17) is 14.2 Å². The van der Waals surface area contributed by atoms with Gasteiger partial charge in [-0.05, 0) is 93.2 Å². The van der Waals surface area contributed by atoms with E-state index in [2.05, 4.69) is 19.9 Å². The Morgan fingerprint density at radius 1 is 0.595 bits per heavy atom. The number of carboxylic acid groups (broad SMARTS) is 1. The first kappa shape index (κ1) is 186. The second-order valence-electron chi connectivity index (χ2n) is 14.8. The number of phenols is 1. The summed E-state index contributed by atoms with van der Waals surface area (Å²) in [7, 11) is 0. The number of aromatic hydroxyl groups is 1. The quantitative estimate of drug-likeness (QED) is 0.195. The van der Waals surface area contributed by atoms with Crippen LogP contribution in [0.25, 0.3) is 6.08 Å². The van der Waals surface area contributed by atoms with Crippen LogP contribution in [-0.4, -0.2) is 50.2 Å². The molecule has 1 aromatic rings. The van der Waals surface area contributed by atoms with E-state index < -0.39 is 40.1 Å².